The van der Waals surface area contributed by atoms with Crippen molar-refractivity contribution < 1.29 is 4.79 Å². The summed E-state index contributed by atoms with van der Waals surface area (Å²) in [6, 6.07) is 12.4. The highest BCUT2D eigenvalue weighted by molar-refractivity contribution is 5.97. The number of likely N-dealkylation sites (N-methyl/N-ethyl adjacent to an activating group) is 1. The molecule has 1 fully saturated rings. The van der Waals surface area contributed by atoms with E-state index in [9.17, 15) is 4.79 Å². The third-order valence-electron chi connectivity index (χ3n) is 5.20. The number of carbonyl (C=O) groups is 1. The predicted molar refractivity (Wildman–Crippen MR) is 106 cm³/mol. The molecule has 1 saturated heterocycles. The summed E-state index contributed by atoms with van der Waals surface area (Å²) in [5.74, 6) is 0.0312. The number of pyridine rings is 1. The van der Waals surface area contributed by atoms with Crippen LogP contribution in [0.1, 0.15) is 41.9 Å². The third-order valence-corrected chi connectivity index (χ3v) is 5.20. The van der Waals surface area contributed by atoms with Crippen LogP contribution in [0.5, 0.6) is 0 Å². The van der Waals surface area contributed by atoms with Crippen LogP contribution in [0.2, 0.25) is 0 Å². The fraction of sp³-hybridized carbons (Fsp3) is 0.381. The molecule has 3 heterocycles. The topological polar surface area (TPSA) is 54.3 Å². The van der Waals surface area contributed by atoms with Crippen molar-refractivity contribution in [2.45, 2.75) is 25.9 Å². The largest absolute Gasteiger partial charge is 0.329 e. The number of amides is 1. The van der Waals surface area contributed by atoms with Gasteiger partial charge in [-0.2, -0.15) is 5.10 Å². The van der Waals surface area contributed by atoms with Gasteiger partial charge in [-0.1, -0.05) is 30.3 Å². The minimum Gasteiger partial charge on any atom is -0.329 e. The van der Waals surface area contributed by atoms with Crippen molar-refractivity contribution in [1.29, 1.82) is 0 Å². The van der Waals surface area contributed by atoms with Crippen LogP contribution in [0.25, 0.3) is 11.0 Å². The standard InChI is InChI=1S/C21H25N5O/c1-15(2)26-20-17(13-23-26)11-18(12-22-20)21(27)25-10-9-24(3)14-19(25)16-7-5-4-6-8-16/h4-8,11-13,15,19H,9-10,14H2,1-3H3/t19-/m0/s1. The smallest absolute Gasteiger partial charge is 0.256 e. The second-order valence-corrected chi connectivity index (χ2v) is 7.51. The lowest BCUT2D eigenvalue weighted by Crippen LogP contribution is -2.49. The molecule has 1 aromatic carbocycles. The number of fused-ring (bicyclic) bond motifs is 1. The zero-order chi connectivity index (χ0) is 19.0. The van der Waals surface area contributed by atoms with Crippen LogP contribution in [0.15, 0.2) is 48.8 Å². The quantitative estimate of drug-likeness (QED) is 0.717. The van der Waals surface area contributed by atoms with E-state index >= 15 is 0 Å². The van der Waals surface area contributed by atoms with Gasteiger partial charge in [-0.25, -0.2) is 9.67 Å². The van der Waals surface area contributed by atoms with Gasteiger partial charge in [0.15, 0.2) is 5.65 Å². The average Bonchev–Trinajstić information content (AvgIpc) is 3.11. The van der Waals surface area contributed by atoms with E-state index in [1.807, 2.05) is 33.8 Å². The van der Waals surface area contributed by atoms with Crippen molar-refractivity contribution in [3.05, 3.63) is 59.9 Å². The van der Waals surface area contributed by atoms with Crippen LogP contribution in [0.3, 0.4) is 0 Å². The summed E-state index contributed by atoms with van der Waals surface area (Å²) in [5.41, 5.74) is 2.61. The average molecular weight is 363 g/mol. The lowest BCUT2D eigenvalue weighted by Gasteiger charge is -2.40. The Bertz CT molecular complexity index is 950. The molecule has 3 aromatic rings. The molecule has 1 aliphatic heterocycles. The Balaban J connectivity index is 1.67. The molecule has 1 atom stereocenters. The first-order valence-electron chi connectivity index (χ1n) is 9.42. The fourth-order valence-corrected chi connectivity index (χ4v) is 3.72. The molecule has 4 rings (SSSR count). The summed E-state index contributed by atoms with van der Waals surface area (Å²) in [5, 5.41) is 5.31. The first-order valence-corrected chi connectivity index (χ1v) is 9.42. The van der Waals surface area contributed by atoms with E-state index in [4.69, 9.17) is 0 Å². The number of piperazine rings is 1. The van der Waals surface area contributed by atoms with E-state index in [1.54, 1.807) is 12.4 Å². The molecule has 0 saturated carbocycles. The summed E-state index contributed by atoms with van der Waals surface area (Å²) in [6.45, 7) is 6.55. The van der Waals surface area contributed by atoms with Gasteiger partial charge in [-0.15, -0.1) is 0 Å². The van der Waals surface area contributed by atoms with Crippen molar-refractivity contribution in [3.63, 3.8) is 0 Å². The van der Waals surface area contributed by atoms with Gasteiger partial charge in [-0.05, 0) is 32.5 Å². The van der Waals surface area contributed by atoms with Gasteiger partial charge in [0.1, 0.15) is 0 Å². The maximum absolute atomic E-state index is 13.3. The molecule has 27 heavy (non-hydrogen) atoms. The molecule has 2 aromatic heterocycles. The minimum absolute atomic E-state index is 0.0312. The van der Waals surface area contributed by atoms with Gasteiger partial charge in [0, 0.05) is 37.3 Å². The van der Waals surface area contributed by atoms with Crippen molar-refractivity contribution in [1.82, 2.24) is 24.6 Å². The second-order valence-electron chi connectivity index (χ2n) is 7.51. The molecule has 0 spiro atoms. The maximum Gasteiger partial charge on any atom is 0.256 e. The Kier molecular flexibility index (Phi) is 4.66. The maximum atomic E-state index is 13.3. The molecule has 0 unspecified atom stereocenters. The monoisotopic (exact) mass is 363 g/mol. The summed E-state index contributed by atoms with van der Waals surface area (Å²) in [6.07, 6.45) is 3.48. The molecular formula is C21H25N5O. The van der Waals surface area contributed by atoms with Crippen molar-refractivity contribution >= 4 is 16.9 Å². The highest BCUT2D eigenvalue weighted by Gasteiger charge is 2.31. The number of nitrogens with zero attached hydrogens (tertiary/aromatic N) is 5. The number of aromatic nitrogens is 3. The Morgan fingerprint density at radius 1 is 1.15 bits per heavy atom. The molecule has 0 N–H and O–H groups in total. The molecule has 1 aliphatic rings. The predicted octanol–water partition coefficient (Wildman–Crippen LogP) is 3.14. The lowest BCUT2D eigenvalue weighted by molar-refractivity contribution is 0.0498. The number of benzene rings is 1. The number of hydrogen-bond donors (Lipinski definition) is 0. The minimum atomic E-state index is 0.0312. The van der Waals surface area contributed by atoms with Gasteiger partial charge in [-0.3, -0.25) is 4.79 Å². The highest BCUT2D eigenvalue weighted by atomic mass is 16.2. The fourth-order valence-electron chi connectivity index (χ4n) is 3.72. The van der Waals surface area contributed by atoms with Crippen LogP contribution in [-0.2, 0) is 0 Å². The molecule has 0 aliphatic carbocycles. The molecule has 1 amide bonds. The van der Waals surface area contributed by atoms with Crippen molar-refractivity contribution in [2.24, 2.45) is 0 Å². The molecular weight excluding hydrogens is 338 g/mol. The Hall–Kier alpha value is -2.73. The molecule has 6 heteroatoms. The lowest BCUT2D eigenvalue weighted by atomic mass is 10.0. The van der Waals surface area contributed by atoms with E-state index in [2.05, 4.69) is 48.0 Å². The zero-order valence-corrected chi connectivity index (χ0v) is 16.0. The SMILES string of the molecule is CC(C)n1ncc2cc(C(=O)N3CCN(C)C[C@H]3c3ccccc3)cnc21. The summed E-state index contributed by atoms with van der Waals surface area (Å²) in [4.78, 5) is 22.1. The molecule has 0 bridgehead atoms. The van der Waals surface area contributed by atoms with Crippen LogP contribution in [-0.4, -0.2) is 57.2 Å². The highest BCUT2D eigenvalue weighted by Crippen LogP contribution is 2.27. The number of hydrogen-bond acceptors (Lipinski definition) is 4. The Labute approximate surface area is 159 Å². The Morgan fingerprint density at radius 2 is 1.93 bits per heavy atom. The number of carbonyl (C=O) groups excluding carboxylic acids is 1. The van der Waals surface area contributed by atoms with Crippen LogP contribution in [0, 0.1) is 0 Å². The zero-order valence-electron chi connectivity index (χ0n) is 16.0. The summed E-state index contributed by atoms with van der Waals surface area (Å²) in [7, 11) is 2.10. The van der Waals surface area contributed by atoms with Gasteiger partial charge in [0.2, 0.25) is 0 Å². The van der Waals surface area contributed by atoms with Crippen LogP contribution in [0.4, 0.5) is 0 Å². The van der Waals surface area contributed by atoms with Crippen molar-refractivity contribution in [3.8, 4) is 0 Å². The summed E-state index contributed by atoms with van der Waals surface area (Å²) < 4.78 is 1.88. The van der Waals surface area contributed by atoms with Crippen molar-refractivity contribution in [2.75, 3.05) is 26.7 Å². The van der Waals surface area contributed by atoms with Gasteiger partial charge < -0.3 is 9.80 Å². The first kappa shape index (κ1) is 17.7. The van der Waals surface area contributed by atoms with Gasteiger partial charge >= 0.3 is 0 Å². The van der Waals surface area contributed by atoms with E-state index in [-0.39, 0.29) is 18.0 Å². The summed E-state index contributed by atoms with van der Waals surface area (Å²) >= 11 is 0. The second kappa shape index (κ2) is 7.12. The third kappa shape index (κ3) is 3.32. The Morgan fingerprint density at radius 3 is 2.67 bits per heavy atom. The van der Waals surface area contributed by atoms with E-state index in [0.717, 1.165) is 24.1 Å². The molecule has 140 valence electrons. The van der Waals surface area contributed by atoms with E-state index in [0.29, 0.717) is 12.1 Å². The van der Waals surface area contributed by atoms with Gasteiger partial charge in [0.25, 0.3) is 5.91 Å². The van der Waals surface area contributed by atoms with E-state index < -0.39 is 0 Å². The van der Waals surface area contributed by atoms with Gasteiger partial charge in [0.05, 0.1) is 17.8 Å². The molecule has 6 nitrogen and oxygen atoms in total. The first-order chi connectivity index (χ1) is 13.0. The van der Waals surface area contributed by atoms with E-state index in [1.165, 1.54) is 5.56 Å². The number of rotatable bonds is 3. The van der Waals surface area contributed by atoms with Crippen LogP contribution >= 0.6 is 0 Å². The molecule has 0 radical (unpaired) electrons. The van der Waals surface area contributed by atoms with Crippen LogP contribution < -0.4 is 0 Å². The normalized spacial score (nSPS) is 18.4.